The second-order valence-corrected chi connectivity index (χ2v) is 7.09. The number of nitrogens with one attached hydrogen (secondary N) is 1. The molecule has 2 atom stereocenters. The maximum absolute atomic E-state index is 12.9. The average Bonchev–Trinajstić information content (AvgIpc) is 2.44. The van der Waals surface area contributed by atoms with Crippen LogP contribution in [0.1, 0.15) is 58.8 Å². The van der Waals surface area contributed by atoms with Gasteiger partial charge in [0, 0.05) is 19.0 Å². The summed E-state index contributed by atoms with van der Waals surface area (Å²) in [5, 5.41) is 12.3. The molecule has 5 heteroatoms. The van der Waals surface area contributed by atoms with E-state index >= 15 is 0 Å². The van der Waals surface area contributed by atoms with Gasteiger partial charge in [-0.3, -0.25) is 9.59 Å². The highest BCUT2D eigenvalue weighted by Gasteiger charge is 2.41. The van der Waals surface area contributed by atoms with Crippen LogP contribution < -0.4 is 5.32 Å². The quantitative estimate of drug-likeness (QED) is 0.832. The van der Waals surface area contributed by atoms with Gasteiger partial charge in [-0.1, -0.05) is 13.8 Å². The number of piperidine rings is 2. The van der Waals surface area contributed by atoms with Crippen molar-refractivity contribution >= 4 is 11.9 Å². The second kappa shape index (κ2) is 6.77. The molecular formula is C16H28N2O3. The third-order valence-electron chi connectivity index (χ3n) is 4.98. The predicted molar refractivity (Wildman–Crippen MR) is 81.0 cm³/mol. The lowest BCUT2D eigenvalue weighted by Crippen LogP contribution is -2.59. The molecule has 0 aromatic carbocycles. The Morgan fingerprint density at radius 1 is 1.29 bits per heavy atom. The lowest BCUT2D eigenvalue weighted by atomic mass is 9.76. The molecule has 2 rings (SSSR count). The van der Waals surface area contributed by atoms with Gasteiger partial charge in [-0.25, -0.2) is 0 Å². The van der Waals surface area contributed by atoms with Crippen LogP contribution in [0.5, 0.6) is 0 Å². The second-order valence-electron chi connectivity index (χ2n) is 7.09. The molecule has 0 aromatic heterocycles. The molecule has 0 aliphatic carbocycles. The molecule has 0 bridgehead atoms. The lowest BCUT2D eigenvalue weighted by molar-refractivity contribution is -0.143. The summed E-state index contributed by atoms with van der Waals surface area (Å²) in [5.74, 6) is -0.598. The van der Waals surface area contributed by atoms with Crippen LogP contribution in [0.15, 0.2) is 0 Å². The van der Waals surface area contributed by atoms with Crippen LogP contribution in [0.25, 0.3) is 0 Å². The molecule has 21 heavy (non-hydrogen) atoms. The van der Waals surface area contributed by atoms with Crippen molar-refractivity contribution in [3.63, 3.8) is 0 Å². The number of likely N-dealkylation sites (tertiary alicyclic amines) is 1. The number of nitrogens with zero attached hydrogens (tertiary/aromatic N) is 1. The zero-order valence-electron chi connectivity index (χ0n) is 13.2. The molecular weight excluding hydrogens is 268 g/mol. The van der Waals surface area contributed by atoms with Crippen molar-refractivity contribution in [1.82, 2.24) is 10.2 Å². The summed E-state index contributed by atoms with van der Waals surface area (Å²) < 4.78 is 0. The van der Waals surface area contributed by atoms with Crippen molar-refractivity contribution in [3.05, 3.63) is 0 Å². The Morgan fingerprint density at radius 2 is 2.05 bits per heavy atom. The zero-order chi connectivity index (χ0) is 15.5. The highest BCUT2D eigenvalue weighted by atomic mass is 16.4. The molecule has 0 saturated carbocycles. The molecule has 120 valence electrons. The van der Waals surface area contributed by atoms with Gasteiger partial charge in [0.2, 0.25) is 5.91 Å². The fourth-order valence-corrected chi connectivity index (χ4v) is 3.68. The van der Waals surface area contributed by atoms with Crippen LogP contribution in [0.4, 0.5) is 0 Å². The van der Waals surface area contributed by atoms with Crippen molar-refractivity contribution in [2.75, 3.05) is 13.1 Å². The van der Waals surface area contributed by atoms with Gasteiger partial charge >= 0.3 is 5.97 Å². The van der Waals surface area contributed by atoms with Gasteiger partial charge in [0.15, 0.2) is 0 Å². The highest BCUT2D eigenvalue weighted by Crippen LogP contribution is 2.33. The van der Waals surface area contributed by atoms with E-state index in [4.69, 9.17) is 5.11 Å². The van der Waals surface area contributed by atoms with Crippen LogP contribution >= 0.6 is 0 Å². The van der Waals surface area contributed by atoms with E-state index in [-0.39, 0.29) is 29.8 Å². The highest BCUT2D eigenvalue weighted by molar-refractivity contribution is 5.83. The Bertz CT molecular complexity index is 395. The van der Waals surface area contributed by atoms with Crippen molar-refractivity contribution < 1.29 is 14.7 Å². The summed E-state index contributed by atoms with van der Waals surface area (Å²) in [6.45, 7) is 5.97. The molecule has 2 aliphatic heterocycles. The number of carboxylic acids is 1. The maximum Gasteiger partial charge on any atom is 0.303 e. The van der Waals surface area contributed by atoms with Gasteiger partial charge in [0.05, 0.1) is 6.04 Å². The Balaban J connectivity index is 2.05. The number of carbonyl (C=O) groups is 2. The van der Waals surface area contributed by atoms with Crippen molar-refractivity contribution in [2.24, 2.45) is 5.41 Å². The lowest BCUT2D eigenvalue weighted by Gasteiger charge is -2.44. The van der Waals surface area contributed by atoms with Gasteiger partial charge in [-0.05, 0) is 50.5 Å². The number of rotatable bonds is 4. The molecule has 2 saturated heterocycles. The summed E-state index contributed by atoms with van der Waals surface area (Å²) >= 11 is 0. The topological polar surface area (TPSA) is 69.6 Å². The van der Waals surface area contributed by atoms with Gasteiger partial charge in [-0.2, -0.15) is 0 Å². The van der Waals surface area contributed by atoms with E-state index in [1.807, 2.05) is 4.90 Å². The van der Waals surface area contributed by atoms with Gasteiger partial charge in [0.25, 0.3) is 0 Å². The van der Waals surface area contributed by atoms with E-state index in [9.17, 15) is 9.59 Å². The molecule has 2 fully saturated rings. The first-order chi connectivity index (χ1) is 9.92. The fraction of sp³-hybridized carbons (Fsp3) is 0.875. The molecule has 2 heterocycles. The fourth-order valence-electron chi connectivity index (χ4n) is 3.68. The number of aliphatic carboxylic acids is 1. The normalized spacial score (nSPS) is 29.1. The van der Waals surface area contributed by atoms with Crippen molar-refractivity contribution in [3.8, 4) is 0 Å². The number of hydrogen-bond donors (Lipinski definition) is 2. The summed E-state index contributed by atoms with van der Waals surface area (Å²) in [5.41, 5.74) is -0.0237. The van der Waals surface area contributed by atoms with E-state index < -0.39 is 5.97 Å². The zero-order valence-corrected chi connectivity index (χ0v) is 13.2. The smallest absolute Gasteiger partial charge is 0.303 e. The number of carbonyl (C=O) groups excluding carboxylic acids is 1. The standard InChI is InChI=1S/C16H28N2O3/c1-16(2)9-5-10-17-14(16)15(21)18-11-4-3-6-12(18)7-8-13(19)20/h12,14,17H,3-11H2,1-2H3,(H,19,20). The Kier molecular flexibility index (Phi) is 5.25. The minimum absolute atomic E-state index is 0.0237. The minimum atomic E-state index is -0.774. The summed E-state index contributed by atoms with van der Waals surface area (Å²) in [4.78, 5) is 25.7. The van der Waals surface area contributed by atoms with Crippen LogP contribution in [-0.4, -0.2) is 47.1 Å². The largest absolute Gasteiger partial charge is 0.481 e. The Morgan fingerprint density at radius 3 is 2.71 bits per heavy atom. The third kappa shape index (κ3) is 3.96. The van der Waals surface area contributed by atoms with Gasteiger partial charge < -0.3 is 15.3 Å². The van der Waals surface area contributed by atoms with Crippen LogP contribution in [-0.2, 0) is 9.59 Å². The monoisotopic (exact) mass is 296 g/mol. The predicted octanol–water partition coefficient (Wildman–Crippen LogP) is 2.01. The molecule has 0 spiro atoms. The van der Waals surface area contributed by atoms with Gasteiger partial charge in [-0.15, -0.1) is 0 Å². The number of amides is 1. The number of hydrogen-bond acceptors (Lipinski definition) is 3. The molecule has 0 radical (unpaired) electrons. The van der Waals surface area contributed by atoms with E-state index in [1.165, 1.54) is 0 Å². The summed E-state index contributed by atoms with van der Waals surface area (Å²) in [7, 11) is 0. The first-order valence-electron chi connectivity index (χ1n) is 8.17. The average molecular weight is 296 g/mol. The summed E-state index contributed by atoms with van der Waals surface area (Å²) in [6.07, 6.45) is 5.96. The SMILES string of the molecule is CC1(C)CCCNC1C(=O)N1CCCCC1CCC(=O)O. The molecule has 2 N–H and O–H groups in total. The number of carboxylic acid groups (broad SMARTS) is 1. The first-order valence-corrected chi connectivity index (χ1v) is 8.17. The van der Waals surface area contributed by atoms with Crippen LogP contribution in [0.3, 0.4) is 0 Å². The Labute approximate surface area is 127 Å². The van der Waals surface area contributed by atoms with Crippen molar-refractivity contribution in [1.29, 1.82) is 0 Å². The molecule has 5 nitrogen and oxygen atoms in total. The van der Waals surface area contributed by atoms with Crippen molar-refractivity contribution in [2.45, 2.75) is 70.9 Å². The first kappa shape index (κ1) is 16.3. The minimum Gasteiger partial charge on any atom is -0.481 e. The van der Waals surface area contributed by atoms with E-state index in [0.717, 1.165) is 45.2 Å². The Hall–Kier alpha value is -1.10. The van der Waals surface area contributed by atoms with Crippen LogP contribution in [0, 0.1) is 5.41 Å². The molecule has 1 amide bonds. The van der Waals surface area contributed by atoms with Crippen LogP contribution in [0.2, 0.25) is 0 Å². The molecule has 0 aromatic rings. The third-order valence-corrected chi connectivity index (χ3v) is 4.98. The molecule has 2 unspecified atom stereocenters. The van der Waals surface area contributed by atoms with E-state index in [2.05, 4.69) is 19.2 Å². The molecule has 2 aliphatic rings. The van der Waals surface area contributed by atoms with E-state index in [0.29, 0.717) is 6.42 Å². The van der Waals surface area contributed by atoms with Gasteiger partial charge in [0.1, 0.15) is 0 Å². The summed E-state index contributed by atoms with van der Waals surface area (Å²) in [6, 6.07) is -0.0291. The maximum atomic E-state index is 12.9. The van der Waals surface area contributed by atoms with E-state index in [1.54, 1.807) is 0 Å².